The number of rotatable bonds is 2. The van der Waals surface area contributed by atoms with Crippen LogP contribution in [-0.2, 0) is 0 Å². The van der Waals surface area contributed by atoms with Gasteiger partial charge >= 0.3 is 0 Å². The van der Waals surface area contributed by atoms with Gasteiger partial charge in [0, 0.05) is 15.2 Å². The Morgan fingerprint density at radius 2 is 1.28 bits per heavy atom. The third kappa shape index (κ3) is 2.56. The highest BCUT2D eigenvalue weighted by Crippen LogP contribution is 2.43. The predicted octanol–water partition coefficient (Wildman–Crippen LogP) is 7.73. The summed E-state index contributed by atoms with van der Waals surface area (Å²) in [5.41, 5.74) is 0. The van der Waals surface area contributed by atoms with Gasteiger partial charge in [0.15, 0.2) is 0 Å². The van der Waals surface area contributed by atoms with Crippen molar-refractivity contribution in [2.45, 2.75) is 38.9 Å². The first kappa shape index (κ1) is 16.9. The second kappa shape index (κ2) is 5.45. The molecule has 0 N–H and O–H groups in total. The molecular weight excluding hydrogens is 388 g/mol. The van der Waals surface area contributed by atoms with Gasteiger partial charge in [-0.15, -0.1) is 0 Å². The molecule has 0 spiro atoms. The van der Waals surface area contributed by atoms with Crippen LogP contribution in [0, 0.1) is 0 Å². The molecule has 4 rings (SSSR count). The molecule has 0 saturated heterocycles. The van der Waals surface area contributed by atoms with Crippen LogP contribution < -0.4 is 4.43 Å². The molecule has 0 aliphatic carbocycles. The second-order valence-corrected chi connectivity index (χ2v) is 14.0. The topological polar surface area (TPSA) is 9.23 Å². The summed E-state index contributed by atoms with van der Waals surface area (Å²) in [6.07, 6.45) is 0. The average molecular weight is 411 g/mol. The van der Waals surface area contributed by atoms with Crippen LogP contribution in [0.1, 0.15) is 20.8 Å². The Morgan fingerprint density at radius 1 is 0.760 bits per heavy atom. The minimum absolute atomic E-state index is 0.181. The largest absolute Gasteiger partial charge is 0.543 e. The van der Waals surface area contributed by atoms with Gasteiger partial charge in [-0.05, 0) is 51.8 Å². The Labute approximate surface area is 158 Å². The van der Waals surface area contributed by atoms with E-state index in [1.54, 1.807) is 0 Å². The van der Waals surface area contributed by atoms with Gasteiger partial charge < -0.3 is 4.43 Å². The molecule has 0 fully saturated rings. The van der Waals surface area contributed by atoms with E-state index in [1.165, 1.54) is 32.3 Å². The fourth-order valence-corrected chi connectivity index (χ4v) is 4.75. The van der Waals surface area contributed by atoms with E-state index in [0.717, 1.165) is 10.2 Å². The molecule has 0 heterocycles. The Bertz CT molecular complexity index is 1090. The highest BCUT2D eigenvalue weighted by molar-refractivity contribution is 9.10. The first-order chi connectivity index (χ1) is 11.7. The Hall–Kier alpha value is -1.58. The SMILES string of the molecule is CC(C)(C)[Si](C)(C)Oc1ccc2ccc3ccc(Br)c4ccc1c2c34. The Morgan fingerprint density at radius 3 is 1.92 bits per heavy atom. The highest BCUT2D eigenvalue weighted by atomic mass is 79.9. The van der Waals surface area contributed by atoms with Crippen LogP contribution in [0.5, 0.6) is 5.75 Å². The lowest BCUT2D eigenvalue weighted by atomic mass is 9.94. The van der Waals surface area contributed by atoms with Crippen LogP contribution in [0.2, 0.25) is 18.1 Å². The van der Waals surface area contributed by atoms with Crippen LogP contribution in [0.25, 0.3) is 32.3 Å². The van der Waals surface area contributed by atoms with Gasteiger partial charge in [0.25, 0.3) is 8.32 Å². The molecular formula is C22H23BrOSi. The highest BCUT2D eigenvalue weighted by Gasteiger charge is 2.39. The van der Waals surface area contributed by atoms with Gasteiger partial charge in [0.1, 0.15) is 5.75 Å². The fraction of sp³-hybridized carbons (Fsp3) is 0.273. The molecule has 0 aliphatic heterocycles. The summed E-state index contributed by atoms with van der Waals surface area (Å²) < 4.78 is 7.82. The minimum Gasteiger partial charge on any atom is -0.543 e. The van der Waals surface area contributed by atoms with Gasteiger partial charge in [-0.25, -0.2) is 0 Å². The number of hydrogen-bond acceptors (Lipinski definition) is 1. The molecule has 3 heteroatoms. The van der Waals surface area contributed by atoms with E-state index in [2.05, 4.69) is 98.3 Å². The molecule has 0 unspecified atom stereocenters. The molecule has 0 atom stereocenters. The standard InChI is InChI=1S/C22H23BrOSi/c1-22(2,3)25(4,5)24-19-13-9-15-7-6-14-8-12-18(23)16-10-11-17(19)21(15)20(14)16/h6-13H,1-5H3. The van der Waals surface area contributed by atoms with E-state index in [0.29, 0.717) is 0 Å². The maximum absolute atomic E-state index is 6.68. The number of halogens is 1. The zero-order valence-electron chi connectivity index (χ0n) is 15.4. The summed E-state index contributed by atoms with van der Waals surface area (Å²) in [6, 6.07) is 17.5. The monoisotopic (exact) mass is 410 g/mol. The van der Waals surface area contributed by atoms with Crippen LogP contribution in [-0.4, -0.2) is 8.32 Å². The lowest BCUT2D eigenvalue weighted by Gasteiger charge is -2.37. The number of benzene rings is 4. The number of hydrogen-bond donors (Lipinski definition) is 0. The van der Waals surface area contributed by atoms with E-state index in [-0.39, 0.29) is 5.04 Å². The lowest BCUT2D eigenvalue weighted by molar-refractivity contribution is 0.496. The molecule has 0 radical (unpaired) electrons. The second-order valence-electron chi connectivity index (χ2n) is 8.40. The molecule has 0 aliphatic rings. The zero-order valence-corrected chi connectivity index (χ0v) is 18.0. The molecule has 128 valence electrons. The molecule has 1 nitrogen and oxygen atoms in total. The first-order valence-corrected chi connectivity index (χ1v) is 12.4. The summed E-state index contributed by atoms with van der Waals surface area (Å²) in [5, 5.41) is 7.85. The Kier molecular flexibility index (Phi) is 3.68. The maximum Gasteiger partial charge on any atom is 0.250 e. The molecule has 25 heavy (non-hydrogen) atoms. The summed E-state index contributed by atoms with van der Waals surface area (Å²) in [7, 11) is -1.88. The van der Waals surface area contributed by atoms with Gasteiger partial charge in [0.2, 0.25) is 0 Å². The van der Waals surface area contributed by atoms with Crippen molar-refractivity contribution in [1.29, 1.82) is 0 Å². The molecule has 0 aromatic heterocycles. The summed E-state index contributed by atoms with van der Waals surface area (Å²) in [5.74, 6) is 1.02. The van der Waals surface area contributed by atoms with E-state index in [1.807, 2.05) is 0 Å². The lowest BCUT2D eigenvalue weighted by Crippen LogP contribution is -2.43. The van der Waals surface area contributed by atoms with Gasteiger partial charge in [0.05, 0.1) is 0 Å². The van der Waals surface area contributed by atoms with E-state index in [4.69, 9.17) is 4.43 Å². The average Bonchev–Trinajstić information content (AvgIpc) is 2.54. The normalized spacial score (nSPS) is 13.2. The van der Waals surface area contributed by atoms with Crippen molar-refractivity contribution in [2.75, 3.05) is 0 Å². The van der Waals surface area contributed by atoms with Gasteiger partial charge in [-0.3, -0.25) is 0 Å². The van der Waals surface area contributed by atoms with Crippen molar-refractivity contribution in [3.05, 3.63) is 53.0 Å². The van der Waals surface area contributed by atoms with Crippen LogP contribution in [0.4, 0.5) is 0 Å². The Balaban J connectivity index is 2.04. The zero-order chi connectivity index (χ0) is 18.0. The fourth-order valence-electron chi connectivity index (χ4n) is 3.26. The summed E-state index contributed by atoms with van der Waals surface area (Å²) in [6.45, 7) is 11.5. The van der Waals surface area contributed by atoms with E-state index < -0.39 is 8.32 Å². The van der Waals surface area contributed by atoms with Crippen molar-refractivity contribution in [3.63, 3.8) is 0 Å². The molecule has 0 bridgehead atoms. The van der Waals surface area contributed by atoms with Gasteiger partial charge in [-0.1, -0.05) is 73.1 Å². The van der Waals surface area contributed by atoms with Crippen molar-refractivity contribution in [3.8, 4) is 5.75 Å². The molecule has 0 amide bonds. The molecule has 4 aromatic carbocycles. The van der Waals surface area contributed by atoms with Crippen LogP contribution in [0.3, 0.4) is 0 Å². The molecule has 4 aromatic rings. The van der Waals surface area contributed by atoms with E-state index in [9.17, 15) is 0 Å². The molecule has 0 saturated carbocycles. The summed E-state index contributed by atoms with van der Waals surface area (Å²) in [4.78, 5) is 0. The third-order valence-corrected chi connectivity index (χ3v) is 10.8. The van der Waals surface area contributed by atoms with Crippen LogP contribution >= 0.6 is 15.9 Å². The smallest absolute Gasteiger partial charge is 0.250 e. The van der Waals surface area contributed by atoms with Crippen molar-refractivity contribution < 1.29 is 4.43 Å². The van der Waals surface area contributed by atoms with Crippen molar-refractivity contribution in [1.82, 2.24) is 0 Å². The first-order valence-electron chi connectivity index (χ1n) is 8.74. The van der Waals surface area contributed by atoms with Crippen molar-refractivity contribution in [2.24, 2.45) is 0 Å². The maximum atomic E-state index is 6.68. The quantitative estimate of drug-likeness (QED) is 0.242. The van der Waals surface area contributed by atoms with E-state index >= 15 is 0 Å². The summed E-state index contributed by atoms with van der Waals surface area (Å²) >= 11 is 3.71. The van der Waals surface area contributed by atoms with Crippen molar-refractivity contribution >= 4 is 56.6 Å². The van der Waals surface area contributed by atoms with Gasteiger partial charge in [-0.2, -0.15) is 0 Å². The third-order valence-electron chi connectivity index (χ3n) is 5.74. The predicted molar refractivity (Wildman–Crippen MR) is 116 cm³/mol. The van der Waals surface area contributed by atoms with Crippen LogP contribution in [0.15, 0.2) is 53.0 Å². The minimum atomic E-state index is -1.88.